The van der Waals surface area contributed by atoms with Crippen molar-refractivity contribution in [2.24, 2.45) is 0 Å². The molecule has 11 rings (SSSR count). The van der Waals surface area contributed by atoms with E-state index in [-0.39, 0.29) is 60.7 Å². The molecule has 20 heteroatoms. The van der Waals surface area contributed by atoms with Crippen LogP contribution in [0.3, 0.4) is 0 Å². The van der Waals surface area contributed by atoms with Crippen LogP contribution in [0.15, 0.2) is 117 Å². The quantitative estimate of drug-likeness (QED) is 0.0665. The Labute approximate surface area is 422 Å². The summed E-state index contributed by atoms with van der Waals surface area (Å²) in [5.41, 5.74) is 11.6. The predicted octanol–water partition coefficient (Wildman–Crippen LogP) is 9.39. The highest BCUT2D eigenvalue weighted by Gasteiger charge is 2.26. The van der Waals surface area contributed by atoms with Crippen molar-refractivity contribution in [3.05, 3.63) is 173 Å². The lowest BCUT2D eigenvalue weighted by atomic mass is 9.99. The van der Waals surface area contributed by atoms with E-state index in [1.807, 2.05) is 45.5 Å². The maximum Gasteiger partial charge on any atom is 0.310 e. The summed E-state index contributed by atoms with van der Waals surface area (Å²) in [4.78, 5) is 48.1. The van der Waals surface area contributed by atoms with Gasteiger partial charge in [0.25, 0.3) is 0 Å². The molecule has 2 atom stereocenters. The number of pyridine rings is 2. The average molecular weight is 1010 g/mol. The fourth-order valence-corrected chi connectivity index (χ4v) is 9.00. The van der Waals surface area contributed by atoms with Gasteiger partial charge in [-0.2, -0.15) is 0 Å². The standard InChI is InChI=1S/C31H27F2N5O3.C22H20F2N6O.CH4O/c32-24-12-11-21(15-27(39)41-17-20-7-2-1-3-8-20)28(33)23(24)16-25-22(9-6-13-34-25)29-30-31(36-18-35-29)38(19-37-30)26-10-4-5-14-40-26;23-15-6-7-16(25)19(24)14(15)10-17-13(4-3-8-26-17)20-21-22(28-11-27-20)30(12-29-21)18-5-1-2-9-31-18;1-2/h1-3,6-9,11-13,18-19,26H,4-5,10,14-17H2;3-4,6-8,11-12,18H,1-2,5,9-10,25H2;2H,1H3. The third-order valence-electron chi connectivity index (χ3n) is 12.7. The van der Waals surface area contributed by atoms with Gasteiger partial charge in [-0.3, -0.25) is 23.9 Å². The molecule has 2 unspecified atom stereocenters. The van der Waals surface area contributed by atoms with Crippen molar-refractivity contribution >= 4 is 34.0 Å². The van der Waals surface area contributed by atoms with Gasteiger partial charge in [-0.05, 0) is 92.1 Å². The van der Waals surface area contributed by atoms with E-state index in [1.54, 1.807) is 43.2 Å². The number of ether oxygens (including phenoxy) is 3. The molecule has 380 valence electrons. The zero-order valence-electron chi connectivity index (χ0n) is 40.3. The summed E-state index contributed by atoms with van der Waals surface area (Å²) < 4.78 is 80.3. The van der Waals surface area contributed by atoms with Crippen molar-refractivity contribution < 1.29 is 41.7 Å². The molecular formula is C54H51F4N11O5. The van der Waals surface area contributed by atoms with Crippen molar-refractivity contribution in [2.75, 3.05) is 26.1 Å². The lowest BCUT2D eigenvalue weighted by Crippen LogP contribution is -2.17. The number of aliphatic hydroxyl groups excluding tert-OH is 1. The lowest BCUT2D eigenvalue weighted by Gasteiger charge is -2.23. The molecule has 0 spiro atoms. The molecule has 2 aliphatic rings. The number of carbonyl (C=O) groups excluding carboxylic acids is 1. The Morgan fingerprint density at radius 2 is 1.16 bits per heavy atom. The lowest BCUT2D eigenvalue weighted by molar-refractivity contribution is -0.144. The molecule has 0 bridgehead atoms. The second kappa shape index (κ2) is 23.6. The predicted molar refractivity (Wildman–Crippen MR) is 266 cm³/mol. The molecule has 9 aromatic rings. The fourth-order valence-electron chi connectivity index (χ4n) is 9.00. The highest BCUT2D eigenvalue weighted by atomic mass is 19.1. The summed E-state index contributed by atoms with van der Waals surface area (Å²) in [6, 6.07) is 21.1. The fraction of sp³-hybridized carbons (Fsp3) is 0.278. The maximum atomic E-state index is 15.6. The van der Waals surface area contributed by atoms with Crippen LogP contribution in [0.25, 0.3) is 44.8 Å². The minimum Gasteiger partial charge on any atom is -0.461 e. The summed E-state index contributed by atoms with van der Waals surface area (Å²) in [6.45, 7) is 1.45. The van der Waals surface area contributed by atoms with Crippen molar-refractivity contribution in [3.63, 3.8) is 0 Å². The van der Waals surface area contributed by atoms with Gasteiger partial charge in [0.05, 0.1) is 36.2 Å². The van der Waals surface area contributed by atoms with Gasteiger partial charge in [-0.15, -0.1) is 0 Å². The van der Waals surface area contributed by atoms with Gasteiger partial charge in [0.2, 0.25) is 0 Å². The van der Waals surface area contributed by atoms with Crippen LogP contribution < -0.4 is 5.73 Å². The number of nitrogen functional groups attached to an aromatic ring is 1. The first-order chi connectivity index (χ1) is 36.2. The second-order valence-corrected chi connectivity index (χ2v) is 17.3. The Morgan fingerprint density at radius 3 is 1.69 bits per heavy atom. The highest BCUT2D eigenvalue weighted by molar-refractivity contribution is 5.89. The van der Waals surface area contributed by atoms with Gasteiger partial charge in [0.1, 0.15) is 71.6 Å². The van der Waals surface area contributed by atoms with Crippen molar-refractivity contribution in [1.29, 1.82) is 0 Å². The zero-order chi connectivity index (χ0) is 51.6. The molecule has 0 saturated carbocycles. The van der Waals surface area contributed by atoms with E-state index in [0.29, 0.717) is 69.4 Å². The van der Waals surface area contributed by atoms with E-state index in [9.17, 15) is 18.0 Å². The molecule has 74 heavy (non-hydrogen) atoms. The average Bonchev–Trinajstić information content (AvgIpc) is 4.10. The van der Waals surface area contributed by atoms with Crippen LogP contribution >= 0.6 is 0 Å². The molecule has 2 aliphatic heterocycles. The minimum atomic E-state index is -0.801. The van der Waals surface area contributed by atoms with Gasteiger partial charge in [0, 0.05) is 67.8 Å². The van der Waals surface area contributed by atoms with Crippen molar-refractivity contribution in [1.82, 2.24) is 49.0 Å². The van der Waals surface area contributed by atoms with Crippen LogP contribution in [0, 0.1) is 23.3 Å². The number of anilines is 1. The Balaban J connectivity index is 0.000000182. The van der Waals surface area contributed by atoms with E-state index in [1.165, 1.54) is 24.8 Å². The molecule has 3 N–H and O–H groups in total. The van der Waals surface area contributed by atoms with Crippen LogP contribution in [0.2, 0.25) is 0 Å². The number of imidazole rings is 2. The highest BCUT2D eigenvalue weighted by Crippen LogP contribution is 2.34. The van der Waals surface area contributed by atoms with Gasteiger partial charge in [0.15, 0.2) is 17.1 Å². The number of esters is 1. The maximum absolute atomic E-state index is 15.6. The van der Waals surface area contributed by atoms with E-state index < -0.39 is 29.2 Å². The van der Waals surface area contributed by atoms with E-state index in [4.69, 9.17) is 25.1 Å². The van der Waals surface area contributed by atoms with Gasteiger partial charge in [-0.25, -0.2) is 47.5 Å². The monoisotopic (exact) mass is 1010 g/mol. The molecule has 16 nitrogen and oxygen atoms in total. The Morgan fingerprint density at radius 1 is 0.635 bits per heavy atom. The minimum absolute atomic E-state index is 0.0487. The van der Waals surface area contributed by atoms with Crippen LogP contribution in [-0.4, -0.2) is 80.4 Å². The number of aromatic nitrogens is 10. The van der Waals surface area contributed by atoms with Crippen LogP contribution in [0.1, 0.15) is 84.6 Å². The summed E-state index contributed by atoms with van der Waals surface area (Å²) in [7, 11) is 1.00. The molecule has 6 aromatic heterocycles. The van der Waals surface area contributed by atoms with Crippen molar-refractivity contribution in [3.8, 4) is 22.5 Å². The number of hydrogen-bond donors (Lipinski definition) is 2. The molecule has 0 amide bonds. The zero-order valence-corrected chi connectivity index (χ0v) is 40.3. The Hall–Kier alpha value is -8.07. The number of benzene rings is 3. The number of nitrogens with zero attached hydrogens (tertiary/aromatic N) is 10. The Kier molecular flexibility index (Phi) is 16.3. The number of hydrogen-bond acceptors (Lipinski definition) is 14. The van der Waals surface area contributed by atoms with Crippen LogP contribution in [0.5, 0.6) is 0 Å². The topological polar surface area (TPSA) is 204 Å². The number of aliphatic hydroxyl groups is 1. The second-order valence-electron chi connectivity index (χ2n) is 17.3. The third-order valence-corrected chi connectivity index (χ3v) is 12.7. The van der Waals surface area contributed by atoms with E-state index in [2.05, 4.69) is 39.9 Å². The molecule has 8 heterocycles. The van der Waals surface area contributed by atoms with Gasteiger partial charge >= 0.3 is 5.97 Å². The van der Waals surface area contributed by atoms with Crippen molar-refractivity contribution in [2.45, 2.75) is 76.9 Å². The summed E-state index contributed by atoms with van der Waals surface area (Å²) in [5, 5.41) is 7.00. The first kappa shape index (κ1) is 50.9. The van der Waals surface area contributed by atoms with Crippen LogP contribution in [0.4, 0.5) is 23.2 Å². The molecule has 0 aliphatic carbocycles. The number of rotatable bonds is 12. The third kappa shape index (κ3) is 11.1. The summed E-state index contributed by atoms with van der Waals surface area (Å²) in [6.07, 6.45) is 14.5. The normalized spacial score (nSPS) is 15.5. The summed E-state index contributed by atoms with van der Waals surface area (Å²) in [5.74, 6) is -3.58. The molecule has 2 fully saturated rings. The van der Waals surface area contributed by atoms with Gasteiger partial charge in [-0.1, -0.05) is 36.4 Å². The Bertz CT molecular complexity index is 3380. The SMILES string of the molecule is CO.Nc1ccc(F)c(Cc2ncccc2-c2ncnc3c2ncn3C2CCCCO2)c1F.O=C(Cc1ccc(F)c(Cc2ncccc2-c2ncnc3c2ncn3C2CCCCO2)c1F)OCc1ccccc1. The summed E-state index contributed by atoms with van der Waals surface area (Å²) >= 11 is 0. The van der Waals surface area contributed by atoms with E-state index >= 15 is 4.39 Å². The number of carbonyl (C=O) groups is 1. The number of fused-ring (bicyclic) bond motifs is 2. The van der Waals surface area contributed by atoms with E-state index in [0.717, 1.165) is 63.3 Å². The number of nitrogens with two attached hydrogens (primary N) is 1. The molecule has 0 radical (unpaired) electrons. The van der Waals surface area contributed by atoms with Crippen LogP contribution in [-0.2, 0) is 44.9 Å². The first-order valence-corrected chi connectivity index (χ1v) is 24.0. The molecular weight excluding hydrogens is 959 g/mol. The number of halogens is 4. The molecule has 3 aromatic carbocycles. The first-order valence-electron chi connectivity index (χ1n) is 24.0. The molecule has 2 saturated heterocycles. The van der Waals surface area contributed by atoms with Gasteiger partial charge < -0.3 is 25.1 Å². The smallest absolute Gasteiger partial charge is 0.310 e. The largest absolute Gasteiger partial charge is 0.461 e.